The third-order valence-electron chi connectivity index (χ3n) is 4.32. The lowest BCUT2D eigenvalue weighted by Gasteiger charge is -2.24. The summed E-state index contributed by atoms with van der Waals surface area (Å²) in [5, 5.41) is 8.23. The molecule has 134 valence electrons. The molecule has 1 aliphatic heterocycles. The summed E-state index contributed by atoms with van der Waals surface area (Å²) in [7, 11) is 0. The number of nitrogens with zero attached hydrogens (tertiary/aromatic N) is 3. The lowest BCUT2D eigenvalue weighted by molar-refractivity contribution is 0.275. The van der Waals surface area contributed by atoms with Crippen molar-refractivity contribution in [2.24, 2.45) is 0 Å². The number of thiazole rings is 1. The van der Waals surface area contributed by atoms with E-state index in [9.17, 15) is 0 Å². The molecule has 1 saturated heterocycles. The Balaban J connectivity index is 1.48. The van der Waals surface area contributed by atoms with Gasteiger partial charge in [-0.3, -0.25) is 4.90 Å². The molecule has 1 aromatic heterocycles. The van der Waals surface area contributed by atoms with Crippen LogP contribution >= 0.6 is 35.2 Å². The van der Waals surface area contributed by atoms with Crippen molar-refractivity contribution in [2.45, 2.75) is 26.4 Å². The monoisotopic (exact) mass is 394 g/mol. The fraction of sp³-hybridized carbons (Fsp3) is 0.444. The number of hydrogen-bond donors (Lipinski definition) is 1. The van der Waals surface area contributed by atoms with Gasteiger partial charge in [-0.15, -0.1) is 11.3 Å². The van der Waals surface area contributed by atoms with Crippen LogP contribution in [0.2, 0.25) is 5.02 Å². The van der Waals surface area contributed by atoms with E-state index in [-0.39, 0.29) is 0 Å². The van der Waals surface area contributed by atoms with Crippen molar-refractivity contribution in [3.05, 3.63) is 50.9 Å². The molecular weight excluding hydrogens is 372 g/mol. The molecule has 0 unspecified atom stereocenters. The summed E-state index contributed by atoms with van der Waals surface area (Å²) >= 11 is 13.5. The summed E-state index contributed by atoms with van der Waals surface area (Å²) in [4.78, 5) is 9.30. The Morgan fingerprint density at radius 2 is 2.12 bits per heavy atom. The highest BCUT2D eigenvalue weighted by Gasteiger charge is 2.17. The van der Waals surface area contributed by atoms with Gasteiger partial charge in [0.2, 0.25) is 0 Å². The SMILES string of the molecule is Cc1nc(CN2CCCN(C(=S)NCc3ccccc3Cl)CC2)cs1. The fourth-order valence-corrected chi connectivity index (χ4v) is 4.03. The van der Waals surface area contributed by atoms with Crippen molar-refractivity contribution < 1.29 is 0 Å². The highest BCUT2D eigenvalue weighted by molar-refractivity contribution is 7.80. The van der Waals surface area contributed by atoms with Crippen LogP contribution in [0.4, 0.5) is 0 Å². The van der Waals surface area contributed by atoms with Gasteiger partial charge in [-0.25, -0.2) is 4.98 Å². The Kier molecular flexibility index (Phi) is 6.64. The number of benzene rings is 1. The van der Waals surface area contributed by atoms with Crippen molar-refractivity contribution in [3.8, 4) is 0 Å². The smallest absolute Gasteiger partial charge is 0.169 e. The second-order valence-corrected chi connectivity index (χ2v) is 8.08. The number of aromatic nitrogens is 1. The predicted molar refractivity (Wildman–Crippen MR) is 109 cm³/mol. The highest BCUT2D eigenvalue weighted by Crippen LogP contribution is 2.15. The molecule has 0 radical (unpaired) electrons. The van der Waals surface area contributed by atoms with E-state index in [1.165, 1.54) is 5.69 Å². The van der Waals surface area contributed by atoms with Gasteiger partial charge in [0.05, 0.1) is 10.7 Å². The minimum absolute atomic E-state index is 0.664. The standard InChI is InChI=1S/C18H23ClN4S2/c1-14-21-16(13-25-14)12-22-7-4-8-23(10-9-22)18(24)20-11-15-5-2-3-6-17(15)19/h2-3,5-6,13H,4,7-12H2,1H3,(H,20,24). The minimum atomic E-state index is 0.664. The average Bonchev–Trinajstić information content (AvgIpc) is 2.87. The Morgan fingerprint density at radius 3 is 2.88 bits per heavy atom. The van der Waals surface area contributed by atoms with Crippen LogP contribution in [0.1, 0.15) is 22.7 Å². The molecule has 0 saturated carbocycles. The summed E-state index contributed by atoms with van der Waals surface area (Å²) in [6, 6.07) is 7.87. The molecule has 2 heterocycles. The zero-order valence-electron chi connectivity index (χ0n) is 14.4. The van der Waals surface area contributed by atoms with Gasteiger partial charge in [0.15, 0.2) is 5.11 Å². The van der Waals surface area contributed by atoms with E-state index in [0.717, 1.165) is 59.9 Å². The third kappa shape index (κ3) is 5.38. The van der Waals surface area contributed by atoms with Gasteiger partial charge < -0.3 is 10.2 Å². The Morgan fingerprint density at radius 1 is 1.28 bits per heavy atom. The van der Waals surface area contributed by atoms with E-state index < -0.39 is 0 Å². The van der Waals surface area contributed by atoms with Gasteiger partial charge in [-0.1, -0.05) is 29.8 Å². The normalized spacial score (nSPS) is 15.8. The zero-order chi connectivity index (χ0) is 17.6. The van der Waals surface area contributed by atoms with Crippen LogP contribution in [0.3, 0.4) is 0 Å². The maximum atomic E-state index is 6.21. The van der Waals surface area contributed by atoms with Gasteiger partial charge in [-0.05, 0) is 37.2 Å². The molecule has 1 N–H and O–H groups in total. The van der Waals surface area contributed by atoms with Crippen molar-refractivity contribution in [3.63, 3.8) is 0 Å². The lowest BCUT2D eigenvalue weighted by atomic mass is 10.2. The van der Waals surface area contributed by atoms with Crippen LogP contribution < -0.4 is 5.32 Å². The first-order valence-electron chi connectivity index (χ1n) is 8.51. The van der Waals surface area contributed by atoms with Gasteiger partial charge in [0.25, 0.3) is 0 Å². The van der Waals surface area contributed by atoms with Crippen molar-refractivity contribution in [1.29, 1.82) is 0 Å². The maximum Gasteiger partial charge on any atom is 0.169 e. The summed E-state index contributed by atoms with van der Waals surface area (Å²) in [5.74, 6) is 0. The van der Waals surface area contributed by atoms with E-state index in [4.69, 9.17) is 23.8 Å². The quantitative estimate of drug-likeness (QED) is 0.799. The van der Waals surface area contributed by atoms with Crippen LogP contribution in [0.25, 0.3) is 0 Å². The molecule has 0 atom stereocenters. The molecule has 1 aromatic carbocycles. The molecule has 3 rings (SSSR count). The van der Waals surface area contributed by atoms with Crippen LogP contribution in [0, 0.1) is 6.92 Å². The number of halogens is 1. The van der Waals surface area contributed by atoms with Crippen LogP contribution in [-0.4, -0.2) is 46.1 Å². The van der Waals surface area contributed by atoms with E-state index in [1.807, 2.05) is 24.3 Å². The maximum absolute atomic E-state index is 6.21. The second kappa shape index (κ2) is 8.94. The summed E-state index contributed by atoms with van der Waals surface area (Å²) < 4.78 is 0. The molecule has 0 bridgehead atoms. The molecule has 0 aliphatic carbocycles. The summed E-state index contributed by atoms with van der Waals surface area (Å²) in [5.41, 5.74) is 2.25. The topological polar surface area (TPSA) is 31.4 Å². The second-order valence-electron chi connectivity index (χ2n) is 6.22. The summed E-state index contributed by atoms with van der Waals surface area (Å²) in [6.45, 7) is 7.67. The molecule has 1 fully saturated rings. The van der Waals surface area contributed by atoms with Crippen LogP contribution in [-0.2, 0) is 13.1 Å². The molecule has 0 spiro atoms. The molecule has 0 amide bonds. The molecule has 25 heavy (non-hydrogen) atoms. The number of thiocarbonyl (C=S) groups is 1. The van der Waals surface area contributed by atoms with Gasteiger partial charge >= 0.3 is 0 Å². The third-order valence-corrected chi connectivity index (χ3v) is 5.91. The minimum Gasteiger partial charge on any atom is -0.358 e. The van der Waals surface area contributed by atoms with Crippen LogP contribution in [0.5, 0.6) is 0 Å². The highest BCUT2D eigenvalue weighted by atomic mass is 35.5. The van der Waals surface area contributed by atoms with Gasteiger partial charge in [-0.2, -0.15) is 0 Å². The first-order chi connectivity index (χ1) is 12.1. The molecule has 2 aromatic rings. The van der Waals surface area contributed by atoms with E-state index >= 15 is 0 Å². The van der Waals surface area contributed by atoms with E-state index in [0.29, 0.717) is 6.54 Å². The Labute approximate surface area is 163 Å². The number of nitrogens with one attached hydrogen (secondary N) is 1. The van der Waals surface area contributed by atoms with E-state index in [1.54, 1.807) is 11.3 Å². The van der Waals surface area contributed by atoms with Gasteiger partial charge in [0, 0.05) is 49.7 Å². The number of aryl methyl sites for hydroxylation is 1. The number of hydrogen-bond acceptors (Lipinski definition) is 4. The molecule has 4 nitrogen and oxygen atoms in total. The molecular formula is C18H23ClN4S2. The largest absolute Gasteiger partial charge is 0.358 e. The number of rotatable bonds is 4. The van der Waals surface area contributed by atoms with Crippen molar-refractivity contribution in [2.75, 3.05) is 26.2 Å². The fourth-order valence-electron chi connectivity index (χ4n) is 2.97. The first-order valence-corrected chi connectivity index (χ1v) is 10.2. The van der Waals surface area contributed by atoms with Crippen LogP contribution in [0.15, 0.2) is 29.6 Å². The summed E-state index contributed by atoms with van der Waals surface area (Å²) in [6.07, 6.45) is 1.11. The predicted octanol–water partition coefficient (Wildman–Crippen LogP) is 3.69. The molecule has 1 aliphatic rings. The van der Waals surface area contributed by atoms with Gasteiger partial charge in [0.1, 0.15) is 0 Å². The van der Waals surface area contributed by atoms with Crippen molar-refractivity contribution in [1.82, 2.24) is 20.1 Å². The lowest BCUT2D eigenvalue weighted by Crippen LogP contribution is -2.41. The zero-order valence-corrected chi connectivity index (χ0v) is 16.8. The van der Waals surface area contributed by atoms with E-state index in [2.05, 4.69) is 32.4 Å². The first kappa shape index (κ1) is 18.6. The average molecular weight is 395 g/mol. The van der Waals surface area contributed by atoms with Crippen molar-refractivity contribution >= 4 is 40.3 Å². The Hall–Kier alpha value is -1.21. The Bertz CT molecular complexity index is 719. The molecule has 7 heteroatoms.